The first-order valence-corrected chi connectivity index (χ1v) is 9.95. The second-order valence-electron chi connectivity index (χ2n) is 6.49. The molecule has 0 radical (unpaired) electrons. The van der Waals surface area contributed by atoms with Gasteiger partial charge in [-0.15, -0.1) is 11.3 Å². The van der Waals surface area contributed by atoms with Crippen molar-refractivity contribution < 1.29 is 4.79 Å². The number of thiazole rings is 1. The molecule has 1 aliphatic rings. The molecule has 5 nitrogen and oxygen atoms in total. The third-order valence-corrected chi connectivity index (χ3v) is 5.86. The monoisotopic (exact) mass is 366 g/mol. The number of rotatable bonds is 5. The molecule has 0 bridgehead atoms. The molecule has 0 spiro atoms. The van der Waals surface area contributed by atoms with Crippen molar-refractivity contribution in [2.24, 2.45) is 0 Å². The third kappa shape index (κ3) is 3.55. The number of carbonyl (C=O) groups is 1. The molecular formula is C20H22N4OS. The van der Waals surface area contributed by atoms with E-state index >= 15 is 0 Å². The maximum absolute atomic E-state index is 12.3. The number of pyridine rings is 1. The van der Waals surface area contributed by atoms with Gasteiger partial charge in [0.1, 0.15) is 0 Å². The molecule has 0 saturated heterocycles. The quantitative estimate of drug-likeness (QED) is 0.714. The van der Waals surface area contributed by atoms with Crippen LogP contribution < -0.4 is 10.6 Å². The van der Waals surface area contributed by atoms with E-state index < -0.39 is 0 Å². The molecule has 4 rings (SSSR count). The fourth-order valence-corrected chi connectivity index (χ4v) is 4.47. The molecule has 134 valence electrons. The Labute approximate surface area is 156 Å². The van der Waals surface area contributed by atoms with E-state index in [0.717, 1.165) is 53.0 Å². The normalized spacial score (nSPS) is 13.0. The number of hydrogen-bond acceptors (Lipinski definition) is 4. The molecule has 0 fully saturated rings. The molecule has 0 aliphatic heterocycles. The van der Waals surface area contributed by atoms with Crippen molar-refractivity contribution in [2.75, 3.05) is 11.9 Å². The summed E-state index contributed by atoms with van der Waals surface area (Å²) in [7, 11) is 0. The van der Waals surface area contributed by atoms with Gasteiger partial charge in [0.15, 0.2) is 0 Å². The maximum Gasteiger partial charge on any atom is 0.319 e. The summed E-state index contributed by atoms with van der Waals surface area (Å²) in [5, 5.41) is 8.00. The van der Waals surface area contributed by atoms with Crippen LogP contribution in [-0.2, 0) is 25.7 Å². The second kappa shape index (κ2) is 7.41. The molecule has 0 atom stereocenters. The van der Waals surface area contributed by atoms with Crippen molar-refractivity contribution in [3.63, 3.8) is 0 Å². The lowest BCUT2D eigenvalue weighted by Crippen LogP contribution is -2.30. The molecule has 6 heteroatoms. The van der Waals surface area contributed by atoms with E-state index in [0.29, 0.717) is 6.54 Å². The van der Waals surface area contributed by atoms with Crippen LogP contribution in [0.4, 0.5) is 10.5 Å². The maximum atomic E-state index is 12.3. The van der Waals surface area contributed by atoms with Crippen LogP contribution in [0.25, 0.3) is 10.9 Å². The minimum absolute atomic E-state index is 0.187. The number of urea groups is 1. The lowest BCUT2D eigenvalue weighted by Gasteiger charge is -2.11. The topological polar surface area (TPSA) is 66.9 Å². The number of nitrogens with one attached hydrogen (secondary N) is 2. The van der Waals surface area contributed by atoms with Crippen LogP contribution in [0.1, 0.15) is 34.6 Å². The van der Waals surface area contributed by atoms with E-state index in [4.69, 9.17) is 0 Å². The molecule has 1 aliphatic carbocycles. The first-order valence-electron chi connectivity index (χ1n) is 9.14. The van der Waals surface area contributed by atoms with Gasteiger partial charge in [0.2, 0.25) is 0 Å². The molecule has 0 saturated carbocycles. The Morgan fingerprint density at radius 2 is 2.12 bits per heavy atom. The van der Waals surface area contributed by atoms with Gasteiger partial charge in [0.05, 0.1) is 21.9 Å². The Hall–Kier alpha value is -2.47. The van der Waals surface area contributed by atoms with Gasteiger partial charge in [0, 0.05) is 28.9 Å². The molecule has 1 aromatic carbocycles. The smallest absolute Gasteiger partial charge is 0.319 e. The predicted molar refractivity (Wildman–Crippen MR) is 106 cm³/mol. The Kier molecular flexibility index (Phi) is 4.84. The largest absolute Gasteiger partial charge is 0.337 e. The predicted octanol–water partition coefficient (Wildman–Crippen LogP) is 4.11. The number of anilines is 1. The van der Waals surface area contributed by atoms with Crippen molar-refractivity contribution in [1.82, 2.24) is 15.3 Å². The van der Waals surface area contributed by atoms with E-state index in [1.165, 1.54) is 17.0 Å². The van der Waals surface area contributed by atoms with Crippen LogP contribution in [0.5, 0.6) is 0 Å². The highest BCUT2D eigenvalue weighted by atomic mass is 32.1. The number of nitrogens with zero attached hydrogens (tertiary/aromatic N) is 2. The number of para-hydroxylation sites is 1. The molecule has 2 amide bonds. The van der Waals surface area contributed by atoms with Crippen LogP contribution in [0.3, 0.4) is 0 Å². The number of carbonyl (C=O) groups excluding carboxylic acids is 1. The van der Waals surface area contributed by atoms with Gasteiger partial charge in [-0.2, -0.15) is 0 Å². The first kappa shape index (κ1) is 17.0. The van der Waals surface area contributed by atoms with Crippen LogP contribution in [0, 0.1) is 0 Å². The minimum atomic E-state index is -0.187. The average Bonchev–Trinajstić information content (AvgIpc) is 3.23. The summed E-state index contributed by atoms with van der Waals surface area (Å²) >= 11 is 1.79. The molecule has 2 heterocycles. The fourth-order valence-electron chi connectivity index (χ4n) is 3.32. The summed E-state index contributed by atoms with van der Waals surface area (Å²) in [6.45, 7) is 2.65. The van der Waals surface area contributed by atoms with E-state index in [1.54, 1.807) is 11.3 Å². The standard InChI is InChI=1S/C20H22N4OS/c1-2-13-12-17(14-6-3-4-7-15(14)22-13)24-20(25)21-11-10-19-23-16-8-5-9-18(16)26-19/h3-4,6-7,12H,2,5,8-11H2,1H3,(H2,21,22,24,25). The van der Waals surface area contributed by atoms with Crippen LogP contribution in [0.2, 0.25) is 0 Å². The zero-order chi connectivity index (χ0) is 17.9. The number of aryl methyl sites for hydroxylation is 3. The molecule has 0 unspecified atom stereocenters. The number of aromatic nitrogens is 2. The minimum Gasteiger partial charge on any atom is -0.337 e. The molecule has 2 N–H and O–H groups in total. The van der Waals surface area contributed by atoms with Gasteiger partial charge in [-0.1, -0.05) is 25.1 Å². The molecule has 26 heavy (non-hydrogen) atoms. The van der Waals surface area contributed by atoms with E-state index in [1.807, 2.05) is 30.3 Å². The summed E-state index contributed by atoms with van der Waals surface area (Å²) in [5.41, 5.74) is 3.94. The SMILES string of the molecule is CCc1cc(NC(=O)NCCc2nc3c(s2)CCC3)c2ccccc2n1. The lowest BCUT2D eigenvalue weighted by molar-refractivity contribution is 0.252. The van der Waals surface area contributed by atoms with E-state index in [-0.39, 0.29) is 6.03 Å². The number of amides is 2. The highest BCUT2D eigenvalue weighted by molar-refractivity contribution is 7.11. The third-order valence-electron chi connectivity index (χ3n) is 4.64. The number of fused-ring (bicyclic) bond motifs is 2. The van der Waals surface area contributed by atoms with Crippen molar-refractivity contribution >= 4 is 34.0 Å². The van der Waals surface area contributed by atoms with Gasteiger partial charge in [0.25, 0.3) is 0 Å². The summed E-state index contributed by atoms with van der Waals surface area (Å²) in [4.78, 5) is 23.0. The molecule has 3 aromatic rings. The Balaban J connectivity index is 1.39. The number of hydrogen-bond donors (Lipinski definition) is 2. The summed E-state index contributed by atoms with van der Waals surface area (Å²) in [5.74, 6) is 0. The van der Waals surface area contributed by atoms with Gasteiger partial charge >= 0.3 is 6.03 Å². The lowest BCUT2D eigenvalue weighted by atomic mass is 10.1. The van der Waals surface area contributed by atoms with Crippen LogP contribution in [-0.4, -0.2) is 22.5 Å². The first-order chi connectivity index (χ1) is 12.7. The van der Waals surface area contributed by atoms with Gasteiger partial charge < -0.3 is 10.6 Å². The Morgan fingerprint density at radius 3 is 2.96 bits per heavy atom. The number of benzene rings is 1. The van der Waals surface area contributed by atoms with Crippen LogP contribution >= 0.6 is 11.3 Å². The van der Waals surface area contributed by atoms with E-state index in [9.17, 15) is 4.79 Å². The van der Waals surface area contributed by atoms with Gasteiger partial charge in [-0.05, 0) is 37.8 Å². The van der Waals surface area contributed by atoms with Crippen molar-refractivity contribution in [3.8, 4) is 0 Å². The van der Waals surface area contributed by atoms with Gasteiger partial charge in [-0.25, -0.2) is 9.78 Å². The summed E-state index contributed by atoms with van der Waals surface area (Å²) < 4.78 is 0. The van der Waals surface area contributed by atoms with Gasteiger partial charge in [-0.3, -0.25) is 4.98 Å². The second-order valence-corrected chi connectivity index (χ2v) is 7.66. The van der Waals surface area contributed by atoms with Crippen molar-refractivity contribution in [2.45, 2.75) is 39.0 Å². The highest BCUT2D eigenvalue weighted by Crippen LogP contribution is 2.27. The Morgan fingerprint density at radius 1 is 1.23 bits per heavy atom. The van der Waals surface area contributed by atoms with E-state index in [2.05, 4.69) is 27.5 Å². The fraction of sp³-hybridized carbons (Fsp3) is 0.350. The zero-order valence-corrected chi connectivity index (χ0v) is 15.7. The van der Waals surface area contributed by atoms with Crippen molar-refractivity contribution in [1.29, 1.82) is 0 Å². The molecule has 2 aromatic heterocycles. The highest BCUT2D eigenvalue weighted by Gasteiger charge is 2.16. The average molecular weight is 366 g/mol. The molecular weight excluding hydrogens is 344 g/mol. The summed E-state index contributed by atoms with van der Waals surface area (Å²) in [6, 6.07) is 9.64. The Bertz CT molecular complexity index is 929. The van der Waals surface area contributed by atoms with Crippen LogP contribution in [0.15, 0.2) is 30.3 Å². The summed E-state index contributed by atoms with van der Waals surface area (Å²) in [6.07, 6.45) is 5.11. The van der Waals surface area contributed by atoms with Crippen molar-refractivity contribution in [3.05, 3.63) is 51.6 Å². The zero-order valence-electron chi connectivity index (χ0n) is 14.8.